The lowest BCUT2D eigenvalue weighted by Gasteiger charge is -2.07. The first-order valence-electron chi connectivity index (χ1n) is 6.60. The molecule has 3 nitrogen and oxygen atoms in total. The van der Waals surface area contributed by atoms with Gasteiger partial charge in [0, 0.05) is 21.9 Å². The molecule has 1 heterocycles. The number of hydrogen-bond donors (Lipinski definition) is 1. The van der Waals surface area contributed by atoms with Gasteiger partial charge in [0.25, 0.3) is 5.91 Å². The maximum absolute atomic E-state index is 12.0. The van der Waals surface area contributed by atoms with Crippen molar-refractivity contribution in [1.29, 1.82) is 0 Å². The number of amides is 1. The second-order valence-electron chi connectivity index (χ2n) is 4.69. The molecule has 0 spiro atoms. The molecule has 4 heteroatoms. The number of nitrogens with zero attached hydrogens (tertiary/aromatic N) is 1. The third kappa shape index (κ3) is 4.38. The highest BCUT2D eigenvalue weighted by Gasteiger charge is 2.06. The van der Waals surface area contributed by atoms with Gasteiger partial charge in [-0.05, 0) is 36.4 Å². The number of aromatic nitrogens is 1. The number of nitrogens with one attached hydrogen (secondary N) is 1. The molecule has 0 aliphatic heterocycles. The second kappa shape index (κ2) is 7.10. The topological polar surface area (TPSA) is 42.0 Å². The maximum atomic E-state index is 12.0. The van der Waals surface area contributed by atoms with Gasteiger partial charge in [-0.2, -0.15) is 0 Å². The standard InChI is InChI=1S/C16H18N2OS/c1-12(2)20-15-8-6-13(7-9-15)16(19)18-11-14-5-3-4-10-17-14/h3-10,12H,11H2,1-2H3,(H,18,19). The highest BCUT2D eigenvalue weighted by molar-refractivity contribution is 7.99. The van der Waals surface area contributed by atoms with E-state index in [4.69, 9.17) is 0 Å². The van der Waals surface area contributed by atoms with Crippen LogP contribution in [0.2, 0.25) is 0 Å². The highest BCUT2D eigenvalue weighted by atomic mass is 32.2. The summed E-state index contributed by atoms with van der Waals surface area (Å²) in [5.74, 6) is -0.0725. The molecule has 1 N–H and O–H groups in total. The Morgan fingerprint density at radius 2 is 1.95 bits per heavy atom. The minimum absolute atomic E-state index is 0.0725. The third-order valence-corrected chi connectivity index (χ3v) is 3.66. The van der Waals surface area contributed by atoms with Gasteiger partial charge in [0.2, 0.25) is 0 Å². The summed E-state index contributed by atoms with van der Waals surface area (Å²) in [4.78, 5) is 17.4. The normalized spacial score (nSPS) is 10.6. The Labute approximate surface area is 123 Å². The molecule has 0 unspecified atom stereocenters. The maximum Gasteiger partial charge on any atom is 0.251 e. The first-order chi connectivity index (χ1) is 9.65. The molecule has 0 aliphatic carbocycles. The highest BCUT2D eigenvalue weighted by Crippen LogP contribution is 2.22. The fourth-order valence-corrected chi connectivity index (χ4v) is 2.57. The molecule has 2 aromatic rings. The van der Waals surface area contributed by atoms with Crippen molar-refractivity contribution in [3.05, 3.63) is 59.9 Å². The summed E-state index contributed by atoms with van der Waals surface area (Å²) < 4.78 is 0. The minimum atomic E-state index is -0.0725. The molecule has 2 rings (SSSR count). The average molecular weight is 286 g/mol. The van der Waals surface area contributed by atoms with Crippen LogP contribution >= 0.6 is 11.8 Å². The van der Waals surface area contributed by atoms with Gasteiger partial charge in [-0.3, -0.25) is 9.78 Å². The largest absolute Gasteiger partial charge is 0.346 e. The van der Waals surface area contributed by atoms with Crippen molar-refractivity contribution in [2.24, 2.45) is 0 Å². The molecule has 1 aromatic heterocycles. The number of rotatable bonds is 5. The molecule has 0 radical (unpaired) electrons. The third-order valence-electron chi connectivity index (χ3n) is 2.64. The predicted octanol–water partition coefficient (Wildman–Crippen LogP) is 3.51. The van der Waals surface area contributed by atoms with E-state index in [9.17, 15) is 4.79 Å². The number of pyridine rings is 1. The van der Waals surface area contributed by atoms with E-state index >= 15 is 0 Å². The molecular formula is C16H18N2OS. The van der Waals surface area contributed by atoms with Crippen molar-refractivity contribution in [2.75, 3.05) is 0 Å². The van der Waals surface area contributed by atoms with E-state index in [1.54, 1.807) is 18.0 Å². The lowest BCUT2D eigenvalue weighted by atomic mass is 10.2. The second-order valence-corrected chi connectivity index (χ2v) is 6.34. The van der Waals surface area contributed by atoms with Crippen molar-refractivity contribution in [1.82, 2.24) is 10.3 Å². The molecule has 0 fully saturated rings. The molecule has 0 bridgehead atoms. The van der Waals surface area contributed by atoms with E-state index in [0.29, 0.717) is 17.4 Å². The Morgan fingerprint density at radius 1 is 1.20 bits per heavy atom. The molecule has 0 atom stereocenters. The van der Waals surface area contributed by atoms with Gasteiger partial charge >= 0.3 is 0 Å². The minimum Gasteiger partial charge on any atom is -0.346 e. The van der Waals surface area contributed by atoms with Crippen LogP contribution in [0, 0.1) is 0 Å². The number of carbonyl (C=O) groups is 1. The number of benzene rings is 1. The predicted molar refractivity (Wildman–Crippen MR) is 82.8 cm³/mol. The van der Waals surface area contributed by atoms with Crippen molar-refractivity contribution in [3.63, 3.8) is 0 Å². The Kier molecular flexibility index (Phi) is 5.18. The van der Waals surface area contributed by atoms with E-state index in [-0.39, 0.29) is 5.91 Å². The average Bonchev–Trinajstić information content (AvgIpc) is 2.46. The Morgan fingerprint density at radius 3 is 2.55 bits per heavy atom. The first-order valence-corrected chi connectivity index (χ1v) is 7.48. The quantitative estimate of drug-likeness (QED) is 0.855. The smallest absolute Gasteiger partial charge is 0.251 e. The van der Waals surface area contributed by atoms with Gasteiger partial charge in [-0.1, -0.05) is 19.9 Å². The van der Waals surface area contributed by atoms with Crippen LogP contribution in [0.25, 0.3) is 0 Å². The zero-order chi connectivity index (χ0) is 14.4. The van der Waals surface area contributed by atoms with Gasteiger partial charge in [0.1, 0.15) is 0 Å². The molecule has 0 aliphatic rings. The van der Waals surface area contributed by atoms with E-state index in [1.807, 2.05) is 42.5 Å². The molecule has 1 aromatic carbocycles. The Bertz CT molecular complexity index is 552. The van der Waals surface area contributed by atoms with Gasteiger partial charge in [-0.15, -0.1) is 11.8 Å². The Balaban J connectivity index is 1.92. The molecule has 1 amide bonds. The van der Waals surface area contributed by atoms with Crippen LogP contribution in [0.3, 0.4) is 0 Å². The summed E-state index contributed by atoms with van der Waals surface area (Å²) in [6.07, 6.45) is 1.72. The first kappa shape index (κ1) is 14.6. The number of thioether (sulfide) groups is 1. The van der Waals surface area contributed by atoms with Crippen LogP contribution in [0.15, 0.2) is 53.6 Å². The summed E-state index contributed by atoms with van der Waals surface area (Å²) in [5.41, 5.74) is 1.53. The Hall–Kier alpha value is -1.81. The van der Waals surface area contributed by atoms with Crippen LogP contribution < -0.4 is 5.32 Å². The van der Waals surface area contributed by atoms with Crippen LogP contribution in [-0.2, 0) is 6.54 Å². The fraction of sp³-hybridized carbons (Fsp3) is 0.250. The van der Waals surface area contributed by atoms with Crippen LogP contribution in [0.1, 0.15) is 29.9 Å². The van der Waals surface area contributed by atoms with Gasteiger partial charge < -0.3 is 5.32 Å². The number of hydrogen-bond acceptors (Lipinski definition) is 3. The monoisotopic (exact) mass is 286 g/mol. The van der Waals surface area contributed by atoms with Crippen molar-refractivity contribution in [2.45, 2.75) is 30.5 Å². The lowest BCUT2D eigenvalue weighted by molar-refractivity contribution is 0.0950. The SMILES string of the molecule is CC(C)Sc1ccc(C(=O)NCc2ccccn2)cc1. The van der Waals surface area contributed by atoms with Crippen molar-refractivity contribution >= 4 is 17.7 Å². The fourth-order valence-electron chi connectivity index (χ4n) is 1.73. The lowest BCUT2D eigenvalue weighted by Crippen LogP contribution is -2.23. The summed E-state index contributed by atoms with van der Waals surface area (Å²) in [7, 11) is 0. The summed E-state index contributed by atoms with van der Waals surface area (Å²) in [6.45, 7) is 4.75. The summed E-state index contributed by atoms with van der Waals surface area (Å²) in [5, 5.41) is 3.41. The summed E-state index contributed by atoms with van der Waals surface area (Å²) in [6, 6.07) is 13.4. The van der Waals surface area contributed by atoms with Gasteiger partial charge in [-0.25, -0.2) is 0 Å². The molecular weight excluding hydrogens is 268 g/mol. The van der Waals surface area contributed by atoms with Crippen molar-refractivity contribution < 1.29 is 4.79 Å². The molecule has 20 heavy (non-hydrogen) atoms. The molecule has 0 saturated heterocycles. The van der Waals surface area contributed by atoms with E-state index < -0.39 is 0 Å². The van der Waals surface area contributed by atoms with Crippen molar-refractivity contribution in [3.8, 4) is 0 Å². The van der Waals surface area contributed by atoms with Gasteiger partial charge in [0.05, 0.1) is 12.2 Å². The summed E-state index contributed by atoms with van der Waals surface area (Å²) >= 11 is 1.79. The van der Waals surface area contributed by atoms with E-state index in [1.165, 1.54) is 4.90 Å². The van der Waals surface area contributed by atoms with E-state index in [2.05, 4.69) is 24.1 Å². The van der Waals surface area contributed by atoms with Crippen LogP contribution in [0.5, 0.6) is 0 Å². The zero-order valence-electron chi connectivity index (χ0n) is 11.7. The number of carbonyl (C=O) groups excluding carboxylic acids is 1. The van der Waals surface area contributed by atoms with Crippen LogP contribution in [-0.4, -0.2) is 16.1 Å². The molecule has 0 saturated carbocycles. The van der Waals surface area contributed by atoms with Crippen LogP contribution in [0.4, 0.5) is 0 Å². The zero-order valence-corrected chi connectivity index (χ0v) is 12.5. The van der Waals surface area contributed by atoms with Gasteiger partial charge in [0.15, 0.2) is 0 Å². The molecule has 104 valence electrons. The van der Waals surface area contributed by atoms with E-state index in [0.717, 1.165) is 5.69 Å².